The van der Waals surface area contributed by atoms with Crippen LogP contribution in [0.3, 0.4) is 0 Å². The predicted octanol–water partition coefficient (Wildman–Crippen LogP) is 3.26. The topological polar surface area (TPSA) is 65.7 Å². The molecule has 0 amide bonds. The van der Waals surface area contributed by atoms with Crippen molar-refractivity contribution in [3.8, 4) is 5.75 Å². The van der Waals surface area contributed by atoms with E-state index >= 15 is 0 Å². The molecule has 0 saturated heterocycles. The van der Waals surface area contributed by atoms with Gasteiger partial charge in [0.15, 0.2) is 0 Å². The normalized spacial score (nSPS) is 10.6. The number of methoxy groups -OCH3 is 1. The van der Waals surface area contributed by atoms with Crippen molar-refractivity contribution in [3.63, 3.8) is 0 Å². The summed E-state index contributed by atoms with van der Waals surface area (Å²) in [6.45, 7) is 7.29. The van der Waals surface area contributed by atoms with Crippen LogP contribution in [0.2, 0.25) is 0 Å². The summed E-state index contributed by atoms with van der Waals surface area (Å²) >= 11 is 5.69. The number of halogens is 1. The molecule has 0 aliphatic heterocycles. The van der Waals surface area contributed by atoms with Gasteiger partial charge < -0.3 is 13.9 Å². The molecule has 5 nitrogen and oxygen atoms in total. The van der Waals surface area contributed by atoms with Crippen molar-refractivity contribution >= 4 is 28.5 Å². The van der Waals surface area contributed by atoms with Gasteiger partial charge in [0.25, 0.3) is 0 Å². The lowest BCUT2D eigenvalue weighted by Gasteiger charge is -2.12. The lowest BCUT2D eigenvalue weighted by Crippen LogP contribution is -2.16. The van der Waals surface area contributed by atoms with E-state index in [-0.39, 0.29) is 13.0 Å². The van der Waals surface area contributed by atoms with Gasteiger partial charge in [-0.05, 0) is 31.5 Å². The lowest BCUT2D eigenvalue weighted by molar-refractivity contribution is -0.139. The zero-order chi connectivity index (χ0) is 17.1. The second kappa shape index (κ2) is 6.87. The van der Waals surface area contributed by atoms with Crippen molar-refractivity contribution in [2.45, 2.75) is 20.3 Å². The molecule has 2 rings (SSSR count). The molecule has 0 spiro atoms. The van der Waals surface area contributed by atoms with Gasteiger partial charge in [0, 0.05) is 16.0 Å². The number of aryl methyl sites for hydroxylation is 2. The van der Waals surface area contributed by atoms with E-state index in [0.29, 0.717) is 33.1 Å². The number of esters is 1. The van der Waals surface area contributed by atoms with Gasteiger partial charge in [-0.3, -0.25) is 4.79 Å². The van der Waals surface area contributed by atoms with E-state index in [4.69, 9.17) is 20.8 Å². The average Bonchev–Trinajstić information content (AvgIpc) is 2.51. The van der Waals surface area contributed by atoms with E-state index in [0.717, 1.165) is 5.39 Å². The SMILES string of the molecule is C=C(Cl)COc1ccc2c(C)c(CC(=O)OC)c(=O)oc2c1C. The van der Waals surface area contributed by atoms with E-state index in [1.165, 1.54) is 7.11 Å². The van der Waals surface area contributed by atoms with E-state index in [2.05, 4.69) is 11.3 Å². The molecule has 0 bridgehead atoms. The third-order valence-electron chi connectivity index (χ3n) is 3.59. The Morgan fingerprint density at radius 3 is 2.61 bits per heavy atom. The molecule has 0 aliphatic rings. The number of fused-ring (bicyclic) bond motifs is 1. The lowest BCUT2D eigenvalue weighted by atomic mass is 10.0. The summed E-state index contributed by atoms with van der Waals surface area (Å²) in [5.41, 5.74) is 1.55. The number of rotatable bonds is 5. The minimum Gasteiger partial charge on any atom is -0.488 e. The van der Waals surface area contributed by atoms with E-state index in [1.54, 1.807) is 26.0 Å². The first-order valence-corrected chi connectivity index (χ1v) is 7.31. The Morgan fingerprint density at radius 1 is 1.30 bits per heavy atom. The van der Waals surface area contributed by atoms with Crippen LogP contribution in [0.25, 0.3) is 11.0 Å². The molecular formula is C17H17ClO5. The van der Waals surface area contributed by atoms with Crippen LogP contribution in [-0.4, -0.2) is 19.7 Å². The third kappa shape index (κ3) is 3.56. The summed E-state index contributed by atoms with van der Waals surface area (Å²) in [5.74, 6) is 0.0691. The second-order valence-corrected chi connectivity index (χ2v) is 5.65. The van der Waals surface area contributed by atoms with Gasteiger partial charge in [-0.25, -0.2) is 4.79 Å². The highest BCUT2D eigenvalue weighted by atomic mass is 35.5. The molecule has 2 aromatic rings. The van der Waals surface area contributed by atoms with Crippen LogP contribution in [0.5, 0.6) is 5.75 Å². The van der Waals surface area contributed by atoms with E-state index in [9.17, 15) is 9.59 Å². The molecule has 6 heteroatoms. The maximum atomic E-state index is 12.2. The van der Waals surface area contributed by atoms with Crippen molar-refractivity contribution in [2.24, 2.45) is 0 Å². The first-order valence-electron chi connectivity index (χ1n) is 6.94. The van der Waals surface area contributed by atoms with E-state index in [1.807, 2.05) is 0 Å². The molecule has 1 aromatic heterocycles. The van der Waals surface area contributed by atoms with Crippen molar-refractivity contribution < 1.29 is 18.7 Å². The van der Waals surface area contributed by atoms with Crippen LogP contribution in [-0.2, 0) is 16.0 Å². The Labute approximate surface area is 138 Å². The van der Waals surface area contributed by atoms with Crippen molar-refractivity contribution in [1.82, 2.24) is 0 Å². The Balaban J connectivity index is 2.55. The number of carbonyl (C=O) groups excluding carboxylic acids is 1. The molecule has 23 heavy (non-hydrogen) atoms. The van der Waals surface area contributed by atoms with Gasteiger partial charge in [0.2, 0.25) is 0 Å². The monoisotopic (exact) mass is 336 g/mol. The summed E-state index contributed by atoms with van der Waals surface area (Å²) in [4.78, 5) is 23.6. The first-order chi connectivity index (χ1) is 10.8. The summed E-state index contributed by atoms with van der Waals surface area (Å²) in [6.07, 6.45) is -0.121. The highest BCUT2D eigenvalue weighted by Crippen LogP contribution is 2.29. The first kappa shape index (κ1) is 17.1. The fraction of sp³-hybridized carbons (Fsp3) is 0.294. The van der Waals surface area contributed by atoms with Crippen LogP contribution in [0.4, 0.5) is 0 Å². The van der Waals surface area contributed by atoms with E-state index < -0.39 is 11.6 Å². The number of hydrogen-bond acceptors (Lipinski definition) is 5. The molecule has 0 atom stereocenters. The van der Waals surface area contributed by atoms with Crippen molar-refractivity contribution in [3.05, 3.63) is 50.9 Å². The largest absolute Gasteiger partial charge is 0.488 e. The molecule has 1 aromatic carbocycles. The van der Waals surface area contributed by atoms with Gasteiger partial charge in [-0.2, -0.15) is 0 Å². The second-order valence-electron chi connectivity index (χ2n) is 5.12. The van der Waals surface area contributed by atoms with Gasteiger partial charge >= 0.3 is 11.6 Å². The molecule has 0 saturated carbocycles. The zero-order valence-electron chi connectivity index (χ0n) is 13.2. The molecule has 0 radical (unpaired) electrons. The van der Waals surface area contributed by atoms with Crippen LogP contribution < -0.4 is 10.4 Å². The predicted molar refractivity (Wildman–Crippen MR) is 88.2 cm³/mol. The summed E-state index contributed by atoms with van der Waals surface area (Å²) in [5, 5.41) is 1.12. The molecule has 0 aliphatic carbocycles. The average molecular weight is 337 g/mol. The number of benzene rings is 1. The standard InChI is InChI=1S/C17H17ClO5/c1-9(18)8-22-14-6-5-12-10(2)13(7-15(19)21-4)17(20)23-16(12)11(14)3/h5-6H,1,7-8H2,2-4H3. The summed E-state index contributed by atoms with van der Waals surface area (Å²) in [6, 6.07) is 3.56. The van der Waals surface area contributed by atoms with Crippen LogP contribution >= 0.6 is 11.6 Å². The quantitative estimate of drug-likeness (QED) is 0.619. The minimum absolute atomic E-state index is 0.121. The molecule has 0 N–H and O–H groups in total. The molecular weight excluding hydrogens is 320 g/mol. The van der Waals surface area contributed by atoms with Crippen molar-refractivity contribution in [2.75, 3.05) is 13.7 Å². The number of carbonyl (C=O) groups is 1. The highest BCUT2D eigenvalue weighted by Gasteiger charge is 2.17. The maximum Gasteiger partial charge on any atom is 0.340 e. The molecule has 0 unspecified atom stereocenters. The third-order valence-corrected chi connectivity index (χ3v) is 3.70. The van der Waals surface area contributed by atoms with Crippen LogP contribution in [0.15, 0.2) is 33.0 Å². The fourth-order valence-corrected chi connectivity index (χ4v) is 2.36. The summed E-state index contributed by atoms with van der Waals surface area (Å²) < 4.78 is 15.5. The Bertz CT molecular complexity index is 835. The molecule has 122 valence electrons. The van der Waals surface area contributed by atoms with Crippen LogP contribution in [0.1, 0.15) is 16.7 Å². The fourth-order valence-electron chi connectivity index (χ4n) is 2.30. The zero-order valence-corrected chi connectivity index (χ0v) is 14.0. The van der Waals surface area contributed by atoms with Gasteiger partial charge in [0.05, 0.1) is 19.1 Å². The van der Waals surface area contributed by atoms with Gasteiger partial charge in [-0.15, -0.1) is 0 Å². The number of hydrogen-bond donors (Lipinski definition) is 0. The van der Waals surface area contributed by atoms with Gasteiger partial charge in [0.1, 0.15) is 17.9 Å². The smallest absolute Gasteiger partial charge is 0.340 e. The Morgan fingerprint density at radius 2 is 2.00 bits per heavy atom. The maximum absolute atomic E-state index is 12.2. The Kier molecular flexibility index (Phi) is 5.11. The molecule has 0 fully saturated rings. The van der Waals surface area contributed by atoms with Crippen LogP contribution in [0, 0.1) is 13.8 Å². The number of ether oxygens (including phenoxy) is 2. The summed E-state index contributed by atoms with van der Waals surface area (Å²) in [7, 11) is 1.28. The molecule has 1 heterocycles. The highest BCUT2D eigenvalue weighted by molar-refractivity contribution is 6.29. The minimum atomic E-state index is -0.553. The van der Waals surface area contributed by atoms with Crippen molar-refractivity contribution in [1.29, 1.82) is 0 Å². The van der Waals surface area contributed by atoms with Gasteiger partial charge in [-0.1, -0.05) is 18.2 Å². The Hall–Kier alpha value is -2.27.